The number of hydrogen-bond donors (Lipinski definition) is 0. The van der Waals surface area contributed by atoms with Crippen LogP contribution in [0, 0.1) is 5.92 Å². The molecule has 0 amide bonds. The van der Waals surface area contributed by atoms with Gasteiger partial charge < -0.3 is 13.3 Å². The lowest BCUT2D eigenvalue weighted by Gasteiger charge is -2.33. The van der Waals surface area contributed by atoms with Crippen LogP contribution in [-0.4, -0.2) is 33.5 Å². The Labute approximate surface area is 214 Å². The molecule has 0 saturated carbocycles. The number of halogens is 1. The van der Waals surface area contributed by atoms with Crippen LogP contribution >= 0.6 is 11.6 Å². The topological polar surface area (TPSA) is 27.7 Å². The van der Waals surface area contributed by atoms with Crippen LogP contribution in [0.25, 0.3) is 0 Å². The van der Waals surface area contributed by atoms with E-state index in [9.17, 15) is 0 Å². The summed E-state index contributed by atoms with van der Waals surface area (Å²) in [6.45, 7) is 14.8. The Morgan fingerprint density at radius 3 is 1.39 bits per heavy atom. The van der Waals surface area contributed by atoms with E-state index in [2.05, 4.69) is 20.8 Å². The summed E-state index contributed by atoms with van der Waals surface area (Å²) < 4.78 is 18.1. The molecule has 0 aromatic heterocycles. The van der Waals surface area contributed by atoms with E-state index in [1.807, 2.05) is 20.8 Å². The van der Waals surface area contributed by atoms with Gasteiger partial charge in [-0.25, -0.2) is 0 Å². The summed E-state index contributed by atoms with van der Waals surface area (Å²) in [7, 11) is -2.54. The van der Waals surface area contributed by atoms with E-state index in [4.69, 9.17) is 24.9 Å². The third-order valence-corrected chi connectivity index (χ3v) is 10.8. The Morgan fingerprint density at radius 1 is 0.606 bits per heavy atom. The van der Waals surface area contributed by atoms with Gasteiger partial charge in [0, 0.05) is 30.7 Å². The summed E-state index contributed by atoms with van der Waals surface area (Å²) in [5.74, 6) is 0.545. The highest BCUT2D eigenvalue weighted by Crippen LogP contribution is 2.37. The summed E-state index contributed by atoms with van der Waals surface area (Å²) in [5.41, 5.74) is 0. The highest BCUT2D eigenvalue weighted by atomic mass is 35.5. The smallest absolute Gasteiger partial charge is 0.374 e. The minimum Gasteiger partial charge on any atom is -0.374 e. The fourth-order valence-corrected chi connectivity index (χ4v) is 7.69. The standard InChI is InChI=1S/C28H59ClO3Si/c1-7-12-13-14-15-16-17-18-19-20-21-22-24-27(28(6,29)8-2)25-23-26-33(30-9-3,31-10-4)32-11-5/h27H,7-26H2,1-6H3. The molecular weight excluding hydrogens is 448 g/mol. The molecule has 0 aromatic rings. The van der Waals surface area contributed by atoms with Crippen molar-refractivity contribution in [2.24, 2.45) is 5.92 Å². The van der Waals surface area contributed by atoms with Crippen molar-refractivity contribution in [3.05, 3.63) is 0 Å². The normalized spacial score (nSPS) is 15.0. The molecule has 0 aliphatic heterocycles. The molecule has 2 atom stereocenters. The van der Waals surface area contributed by atoms with Crippen molar-refractivity contribution < 1.29 is 13.3 Å². The molecule has 0 fully saturated rings. The third-order valence-electron chi connectivity index (χ3n) is 7.08. The van der Waals surface area contributed by atoms with Gasteiger partial charge in [0.25, 0.3) is 0 Å². The number of alkyl halides is 1. The van der Waals surface area contributed by atoms with Crippen LogP contribution in [0.5, 0.6) is 0 Å². The number of unbranched alkanes of at least 4 members (excludes halogenated alkanes) is 11. The second kappa shape index (κ2) is 21.7. The molecule has 0 saturated heterocycles. The maximum atomic E-state index is 6.98. The van der Waals surface area contributed by atoms with Gasteiger partial charge in [-0.1, -0.05) is 90.9 Å². The fraction of sp³-hybridized carbons (Fsp3) is 1.00. The first-order chi connectivity index (χ1) is 15.9. The van der Waals surface area contributed by atoms with Gasteiger partial charge in [-0.05, 0) is 59.3 Å². The quantitative estimate of drug-likeness (QED) is 0.0699. The predicted molar refractivity (Wildman–Crippen MR) is 148 cm³/mol. The van der Waals surface area contributed by atoms with Crippen LogP contribution < -0.4 is 0 Å². The second-order valence-corrected chi connectivity index (χ2v) is 13.5. The van der Waals surface area contributed by atoms with Gasteiger partial charge in [0.2, 0.25) is 0 Å². The molecule has 0 spiro atoms. The van der Waals surface area contributed by atoms with Gasteiger partial charge in [-0.3, -0.25) is 0 Å². The summed E-state index contributed by atoms with van der Waals surface area (Å²) >= 11 is 6.98. The molecule has 33 heavy (non-hydrogen) atoms. The Balaban J connectivity index is 4.27. The molecule has 2 unspecified atom stereocenters. The van der Waals surface area contributed by atoms with E-state index in [-0.39, 0.29) is 4.87 Å². The maximum absolute atomic E-state index is 6.98. The number of hydrogen-bond acceptors (Lipinski definition) is 3. The first kappa shape index (κ1) is 33.4. The van der Waals surface area contributed by atoms with Crippen molar-refractivity contribution >= 4 is 20.4 Å². The first-order valence-electron chi connectivity index (χ1n) is 14.5. The average molecular weight is 507 g/mol. The molecule has 0 aliphatic carbocycles. The zero-order chi connectivity index (χ0) is 24.8. The molecule has 0 bridgehead atoms. The molecule has 200 valence electrons. The minimum absolute atomic E-state index is 0.120. The molecule has 5 heteroatoms. The van der Waals surface area contributed by atoms with Gasteiger partial charge in [0.05, 0.1) is 0 Å². The monoisotopic (exact) mass is 506 g/mol. The van der Waals surface area contributed by atoms with Gasteiger partial charge in [0.15, 0.2) is 0 Å². The Kier molecular flexibility index (Phi) is 21.9. The minimum atomic E-state index is -2.54. The molecule has 0 radical (unpaired) electrons. The van der Waals surface area contributed by atoms with Crippen molar-refractivity contribution in [2.45, 2.75) is 155 Å². The first-order valence-corrected chi connectivity index (χ1v) is 16.8. The summed E-state index contributed by atoms with van der Waals surface area (Å²) in [6.07, 6.45) is 21.2. The van der Waals surface area contributed by atoms with Gasteiger partial charge in [-0.15, -0.1) is 11.6 Å². The van der Waals surface area contributed by atoms with Crippen molar-refractivity contribution in [3.63, 3.8) is 0 Å². The Morgan fingerprint density at radius 2 is 1.00 bits per heavy atom. The van der Waals surface area contributed by atoms with Crippen molar-refractivity contribution in [1.29, 1.82) is 0 Å². The lowest BCUT2D eigenvalue weighted by atomic mass is 9.83. The van der Waals surface area contributed by atoms with Gasteiger partial charge in [-0.2, -0.15) is 0 Å². The fourth-order valence-electron chi connectivity index (χ4n) is 4.83. The zero-order valence-corrected chi connectivity index (χ0v) is 25.1. The molecule has 0 rings (SSSR count). The van der Waals surface area contributed by atoms with Crippen LogP contribution in [0.2, 0.25) is 6.04 Å². The highest BCUT2D eigenvalue weighted by Gasteiger charge is 2.40. The predicted octanol–water partition coefficient (Wildman–Crippen LogP) is 9.93. The summed E-state index contributed by atoms with van der Waals surface area (Å²) in [6, 6.07) is 0.897. The van der Waals surface area contributed by atoms with Crippen molar-refractivity contribution in [1.82, 2.24) is 0 Å². The van der Waals surface area contributed by atoms with E-state index >= 15 is 0 Å². The van der Waals surface area contributed by atoms with E-state index in [0.29, 0.717) is 25.7 Å². The van der Waals surface area contributed by atoms with Crippen LogP contribution in [-0.2, 0) is 13.3 Å². The molecule has 3 nitrogen and oxygen atoms in total. The Hall–Kier alpha value is 0.387. The summed E-state index contributed by atoms with van der Waals surface area (Å²) in [5, 5.41) is 0. The SMILES string of the molecule is CCCCCCCCCCCCCCC(CCC[Si](OCC)(OCC)OCC)C(C)(Cl)CC. The highest BCUT2D eigenvalue weighted by molar-refractivity contribution is 6.60. The van der Waals surface area contributed by atoms with Crippen LogP contribution in [0.1, 0.15) is 144 Å². The van der Waals surface area contributed by atoms with E-state index in [0.717, 1.165) is 25.3 Å². The molecule has 0 N–H and O–H groups in total. The lowest BCUT2D eigenvalue weighted by Crippen LogP contribution is -2.46. The van der Waals surface area contributed by atoms with Crippen molar-refractivity contribution in [3.8, 4) is 0 Å². The average Bonchev–Trinajstić information content (AvgIpc) is 2.79. The largest absolute Gasteiger partial charge is 0.500 e. The Bertz CT molecular complexity index is 403. The van der Waals surface area contributed by atoms with Gasteiger partial charge in [0.1, 0.15) is 0 Å². The van der Waals surface area contributed by atoms with E-state index < -0.39 is 8.80 Å². The van der Waals surface area contributed by atoms with Crippen LogP contribution in [0.3, 0.4) is 0 Å². The van der Waals surface area contributed by atoms with Crippen LogP contribution in [0.15, 0.2) is 0 Å². The molecular formula is C28H59ClO3Si. The molecule has 0 aromatic carbocycles. The van der Waals surface area contributed by atoms with Crippen molar-refractivity contribution in [2.75, 3.05) is 19.8 Å². The van der Waals surface area contributed by atoms with E-state index in [1.54, 1.807) is 0 Å². The third kappa shape index (κ3) is 16.6. The van der Waals surface area contributed by atoms with Crippen LogP contribution in [0.4, 0.5) is 0 Å². The molecule has 0 heterocycles. The molecule has 0 aliphatic rings. The van der Waals surface area contributed by atoms with E-state index in [1.165, 1.54) is 83.5 Å². The lowest BCUT2D eigenvalue weighted by molar-refractivity contribution is 0.0701. The van der Waals surface area contributed by atoms with Gasteiger partial charge >= 0.3 is 8.80 Å². The zero-order valence-electron chi connectivity index (χ0n) is 23.3. The maximum Gasteiger partial charge on any atom is 0.500 e. The second-order valence-electron chi connectivity index (χ2n) is 9.88. The summed E-state index contributed by atoms with van der Waals surface area (Å²) in [4.78, 5) is -0.120. The number of rotatable bonds is 25.